The van der Waals surface area contributed by atoms with Crippen molar-refractivity contribution >= 4 is 10.8 Å². The number of ether oxygens (including phenoxy) is 1. The molecule has 0 unspecified atom stereocenters. The smallest absolute Gasteiger partial charge is 0.119 e. The molecule has 0 saturated carbocycles. The van der Waals surface area contributed by atoms with Crippen molar-refractivity contribution in [3.05, 3.63) is 42.0 Å². The molecular formula is C16H21NO. The number of methoxy groups -OCH3 is 1. The number of fused-ring (bicyclic) bond motifs is 1. The molecule has 0 heterocycles. The lowest BCUT2D eigenvalue weighted by atomic mass is 10.0. The first-order valence-corrected chi connectivity index (χ1v) is 6.48. The molecule has 2 nitrogen and oxygen atoms in total. The average molecular weight is 243 g/mol. The summed E-state index contributed by atoms with van der Waals surface area (Å²) in [6.45, 7) is 4.37. The standard InChI is InChI=1S/C16H21NO/c1-4-17(2)11-10-14-7-5-6-13-8-9-15(18-3)12-16(13)14/h5-9,12H,4,10-11H2,1-3H3. The van der Waals surface area contributed by atoms with Crippen molar-refractivity contribution in [1.82, 2.24) is 4.90 Å². The van der Waals surface area contributed by atoms with Gasteiger partial charge in [0, 0.05) is 6.54 Å². The second-order valence-electron chi connectivity index (χ2n) is 4.65. The minimum Gasteiger partial charge on any atom is -0.497 e. The van der Waals surface area contributed by atoms with E-state index in [1.54, 1.807) is 7.11 Å². The number of benzene rings is 2. The van der Waals surface area contributed by atoms with Crippen molar-refractivity contribution in [3.63, 3.8) is 0 Å². The van der Waals surface area contributed by atoms with Crippen molar-refractivity contribution in [2.45, 2.75) is 13.3 Å². The highest BCUT2D eigenvalue weighted by Gasteiger charge is 2.03. The predicted molar refractivity (Wildman–Crippen MR) is 77.4 cm³/mol. The minimum atomic E-state index is 0.929. The lowest BCUT2D eigenvalue weighted by Gasteiger charge is -2.14. The van der Waals surface area contributed by atoms with Gasteiger partial charge < -0.3 is 9.64 Å². The van der Waals surface area contributed by atoms with Gasteiger partial charge in [-0.1, -0.05) is 31.2 Å². The molecule has 0 fully saturated rings. The third-order valence-electron chi connectivity index (χ3n) is 3.48. The van der Waals surface area contributed by atoms with Crippen LogP contribution in [0, 0.1) is 0 Å². The molecule has 0 bridgehead atoms. The maximum absolute atomic E-state index is 5.31. The Morgan fingerprint density at radius 2 is 2.00 bits per heavy atom. The third-order valence-corrected chi connectivity index (χ3v) is 3.48. The second-order valence-corrected chi connectivity index (χ2v) is 4.65. The molecule has 2 aromatic rings. The van der Waals surface area contributed by atoms with E-state index in [0.29, 0.717) is 0 Å². The Balaban J connectivity index is 2.31. The van der Waals surface area contributed by atoms with Crippen LogP contribution in [0.15, 0.2) is 36.4 Å². The van der Waals surface area contributed by atoms with E-state index in [1.165, 1.54) is 16.3 Å². The highest BCUT2D eigenvalue weighted by molar-refractivity contribution is 5.87. The lowest BCUT2D eigenvalue weighted by molar-refractivity contribution is 0.358. The van der Waals surface area contributed by atoms with E-state index in [-0.39, 0.29) is 0 Å². The molecule has 2 heteroatoms. The van der Waals surface area contributed by atoms with Gasteiger partial charge in [0.05, 0.1) is 7.11 Å². The van der Waals surface area contributed by atoms with Crippen LogP contribution in [0.5, 0.6) is 5.75 Å². The summed E-state index contributed by atoms with van der Waals surface area (Å²) in [4.78, 5) is 2.33. The number of likely N-dealkylation sites (N-methyl/N-ethyl adjacent to an activating group) is 1. The molecule has 0 aliphatic carbocycles. The first kappa shape index (κ1) is 12.9. The van der Waals surface area contributed by atoms with Crippen LogP contribution in [0.3, 0.4) is 0 Å². The van der Waals surface area contributed by atoms with Gasteiger partial charge >= 0.3 is 0 Å². The Morgan fingerprint density at radius 1 is 1.17 bits per heavy atom. The van der Waals surface area contributed by atoms with Gasteiger partial charge in [-0.25, -0.2) is 0 Å². The molecule has 2 rings (SSSR count). The quantitative estimate of drug-likeness (QED) is 0.798. The predicted octanol–water partition coefficient (Wildman–Crippen LogP) is 3.34. The van der Waals surface area contributed by atoms with Crippen molar-refractivity contribution in [2.75, 3.05) is 27.2 Å². The summed E-state index contributed by atoms with van der Waals surface area (Å²) >= 11 is 0. The van der Waals surface area contributed by atoms with Gasteiger partial charge in [-0.3, -0.25) is 0 Å². The zero-order chi connectivity index (χ0) is 13.0. The molecule has 18 heavy (non-hydrogen) atoms. The SMILES string of the molecule is CCN(C)CCc1cccc2ccc(OC)cc12. The van der Waals surface area contributed by atoms with E-state index in [4.69, 9.17) is 4.74 Å². The monoisotopic (exact) mass is 243 g/mol. The first-order valence-electron chi connectivity index (χ1n) is 6.48. The van der Waals surface area contributed by atoms with Crippen molar-refractivity contribution in [2.24, 2.45) is 0 Å². The zero-order valence-electron chi connectivity index (χ0n) is 11.4. The van der Waals surface area contributed by atoms with Crippen molar-refractivity contribution in [1.29, 1.82) is 0 Å². The summed E-state index contributed by atoms with van der Waals surface area (Å²) in [6, 6.07) is 12.8. The Morgan fingerprint density at radius 3 is 2.72 bits per heavy atom. The molecule has 0 saturated heterocycles. The molecule has 2 aromatic carbocycles. The fourth-order valence-electron chi connectivity index (χ4n) is 2.13. The van der Waals surface area contributed by atoms with Crippen molar-refractivity contribution < 1.29 is 4.74 Å². The Bertz CT molecular complexity index is 521. The van der Waals surface area contributed by atoms with Gasteiger partial charge in [0.15, 0.2) is 0 Å². The summed E-state index contributed by atoms with van der Waals surface area (Å²) in [6.07, 6.45) is 1.08. The molecule has 0 N–H and O–H groups in total. The van der Waals surface area contributed by atoms with Gasteiger partial charge in [-0.2, -0.15) is 0 Å². The molecule has 0 atom stereocenters. The maximum Gasteiger partial charge on any atom is 0.119 e. The van der Waals surface area contributed by atoms with Crippen LogP contribution in [-0.4, -0.2) is 32.1 Å². The van der Waals surface area contributed by atoms with Crippen LogP contribution in [0.2, 0.25) is 0 Å². The van der Waals surface area contributed by atoms with Gasteiger partial charge in [0.25, 0.3) is 0 Å². The van der Waals surface area contributed by atoms with E-state index in [2.05, 4.69) is 49.2 Å². The highest BCUT2D eigenvalue weighted by atomic mass is 16.5. The summed E-state index contributed by atoms with van der Waals surface area (Å²) in [5, 5.41) is 2.59. The number of hydrogen-bond acceptors (Lipinski definition) is 2. The van der Waals surface area contributed by atoms with Crippen LogP contribution in [0.25, 0.3) is 10.8 Å². The van der Waals surface area contributed by atoms with Crippen LogP contribution in [-0.2, 0) is 6.42 Å². The molecule has 0 spiro atoms. The molecule has 0 aliphatic heterocycles. The second kappa shape index (κ2) is 5.87. The van der Waals surface area contributed by atoms with Crippen LogP contribution in [0.4, 0.5) is 0 Å². The van der Waals surface area contributed by atoms with Crippen LogP contribution in [0.1, 0.15) is 12.5 Å². The lowest BCUT2D eigenvalue weighted by Crippen LogP contribution is -2.20. The first-order chi connectivity index (χ1) is 8.74. The molecule has 96 valence electrons. The minimum absolute atomic E-state index is 0.929. The van der Waals surface area contributed by atoms with Crippen LogP contribution >= 0.6 is 0 Å². The van der Waals surface area contributed by atoms with E-state index in [0.717, 1.165) is 25.3 Å². The van der Waals surface area contributed by atoms with Gasteiger partial charge in [0.1, 0.15) is 5.75 Å². The molecule has 0 radical (unpaired) electrons. The highest BCUT2D eigenvalue weighted by Crippen LogP contribution is 2.24. The maximum atomic E-state index is 5.31. The number of rotatable bonds is 5. The summed E-state index contributed by atoms with van der Waals surface area (Å²) in [5.74, 6) is 0.929. The van der Waals surface area contributed by atoms with Crippen LogP contribution < -0.4 is 4.74 Å². The van der Waals surface area contributed by atoms with Crippen molar-refractivity contribution in [3.8, 4) is 5.75 Å². The van der Waals surface area contributed by atoms with E-state index >= 15 is 0 Å². The fraction of sp³-hybridized carbons (Fsp3) is 0.375. The van der Waals surface area contributed by atoms with E-state index < -0.39 is 0 Å². The molecular weight excluding hydrogens is 222 g/mol. The van der Waals surface area contributed by atoms with Gasteiger partial charge in [0.2, 0.25) is 0 Å². The topological polar surface area (TPSA) is 12.5 Å². The largest absolute Gasteiger partial charge is 0.497 e. The normalized spacial score (nSPS) is 11.1. The molecule has 0 aromatic heterocycles. The zero-order valence-corrected chi connectivity index (χ0v) is 11.4. The summed E-state index contributed by atoms with van der Waals surface area (Å²) in [7, 11) is 3.88. The fourth-order valence-corrected chi connectivity index (χ4v) is 2.13. The Labute approximate surface area is 109 Å². The Hall–Kier alpha value is -1.54. The third kappa shape index (κ3) is 2.82. The van der Waals surface area contributed by atoms with E-state index in [9.17, 15) is 0 Å². The van der Waals surface area contributed by atoms with Gasteiger partial charge in [-0.15, -0.1) is 0 Å². The molecule has 0 amide bonds. The Kier molecular flexibility index (Phi) is 4.21. The summed E-state index contributed by atoms with van der Waals surface area (Å²) in [5.41, 5.74) is 1.40. The van der Waals surface area contributed by atoms with E-state index in [1.807, 2.05) is 6.07 Å². The summed E-state index contributed by atoms with van der Waals surface area (Å²) < 4.78 is 5.31. The number of hydrogen-bond donors (Lipinski definition) is 0. The average Bonchev–Trinajstić information content (AvgIpc) is 2.43. The number of nitrogens with zero attached hydrogens (tertiary/aromatic N) is 1. The molecule has 0 aliphatic rings. The van der Waals surface area contributed by atoms with Gasteiger partial charge in [-0.05, 0) is 48.5 Å².